The zero-order valence-corrected chi connectivity index (χ0v) is 19.8. The van der Waals surface area contributed by atoms with Crippen LogP contribution < -0.4 is 10.6 Å². The highest BCUT2D eigenvalue weighted by Crippen LogP contribution is 2.21. The number of aromatic amines is 1. The van der Waals surface area contributed by atoms with Crippen LogP contribution >= 0.6 is 24.0 Å². The summed E-state index contributed by atoms with van der Waals surface area (Å²) in [6.45, 7) is 6.22. The highest BCUT2D eigenvalue weighted by Gasteiger charge is 2.15. The highest BCUT2D eigenvalue weighted by molar-refractivity contribution is 14.0. The summed E-state index contributed by atoms with van der Waals surface area (Å²) >= 11 is 0. The van der Waals surface area contributed by atoms with Gasteiger partial charge in [-0.15, -0.1) is 24.0 Å². The standard InChI is InChI=1S/C23H30N4O2.HI/c1-17-4-2-6-21-19(15-26-22(17)21)7-10-24-23(27-14-18-9-13-28-16-18)25-11-8-20-5-3-12-29-20;/h2-6,12,15,18,26H,7-11,13-14,16H2,1H3,(H2,24,25,27);1H. The highest BCUT2D eigenvalue weighted by atomic mass is 127. The van der Waals surface area contributed by atoms with Crippen LogP contribution in [-0.4, -0.2) is 43.8 Å². The number of H-pyrrole nitrogens is 1. The molecule has 0 bridgehead atoms. The van der Waals surface area contributed by atoms with Crippen LogP contribution in [0.4, 0.5) is 0 Å². The zero-order valence-electron chi connectivity index (χ0n) is 17.4. The molecule has 0 spiro atoms. The molecule has 0 saturated carbocycles. The van der Waals surface area contributed by atoms with Crippen molar-refractivity contribution >= 4 is 40.8 Å². The minimum Gasteiger partial charge on any atom is -0.469 e. The van der Waals surface area contributed by atoms with Gasteiger partial charge in [-0.25, -0.2) is 0 Å². The van der Waals surface area contributed by atoms with E-state index in [4.69, 9.17) is 14.1 Å². The van der Waals surface area contributed by atoms with Gasteiger partial charge in [-0.3, -0.25) is 4.99 Å². The van der Waals surface area contributed by atoms with Gasteiger partial charge < -0.3 is 24.8 Å². The molecule has 3 heterocycles. The molecule has 1 unspecified atom stereocenters. The van der Waals surface area contributed by atoms with Crippen molar-refractivity contribution in [1.29, 1.82) is 0 Å². The fraction of sp³-hybridized carbons (Fsp3) is 0.435. The number of nitrogens with zero attached hydrogens (tertiary/aromatic N) is 1. The summed E-state index contributed by atoms with van der Waals surface area (Å²) < 4.78 is 10.9. The molecule has 1 atom stereocenters. The van der Waals surface area contributed by atoms with Gasteiger partial charge in [0.25, 0.3) is 0 Å². The summed E-state index contributed by atoms with van der Waals surface area (Å²) in [5, 5.41) is 8.24. The molecule has 0 radical (unpaired) electrons. The number of furan rings is 1. The maximum atomic E-state index is 5.47. The molecule has 4 rings (SSSR count). The van der Waals surface area contributed by atoms with Crippen LogP contribution in [0.5, 0.6) is 0 Å². The van der Waals surface area contributed by atoms with Gasteiger partial charge in [0.15, 0.2) is 5.96 Å². The lowest BCUT2D eigenvalue weighted by molar-refractivity contribution is 0.187. The van der Waals surface area contributed by atoms with Gasteiger partial charge in [-0.1, -0.05) is 18.2 Å². The number of fused-ring (bicyclic) bond motifs is 1. The molecule has 3 aromatic rings. The number of benzene rings is 1. The second-order valence-electron chi connectivity index (χ2n) is 7.66. The van der Waals surface area contributed by atoms with E-state index in [-0.39, 0.29) is 24.0 Å². The van der Waals surface area contributed by atoms with E-state index in [9.17, 15) is 0 Å². The molecule has 1 aromatic carbocycles. The van der Waals surface area contributed by atoms with Crippen molar-refractivity contribution in [3.63, 3.8) is 0 Å². The second kappa shape index (κ2) is 11.4. The summed E-state index contributed by atoms with van der Waals surface area (Å²) in [5.41, 5.74) is 3.84. The third kappa shape index (κ3) is 6.01. The largest absolute Gasteiger partial charge is 0.469 e. The fourth-order valence-electron chi connectivity index (χ4n) is 3.77. The number of aliphatic imine (C=N–C) groups is 1. The predicted molar refractivity (Wildman–Crippen MR) is 132 cm³/mol. The molecule has 0 aliphatic carbocycles. The molecule has 162 valence electrons. The zero-order chi connectivity index (χ0) is 19.9. The van der Waals surface area contributed by atoms with E-state index in [1.54, 1.807) is 6.26 Å². The normalized spacial score (nSPS) is 16.6. The quantitative estimate of drug-likeness (QED) is 0.237. The van der Waals surface area contributed by atoms with Crippen LogP contribution in [0.3, 0.4) is 0 Å². The lowest BCUT2D eigenvalue weighted by atomic mass is 10.1. The molecule has 7 heteroatoms. The summed E-state index contributed by atoms with van der Waals surface area (Å²) in [6, 6.07) is 10.4. The Balaban J connectivity index is 0.00000256. The Bertz CT molecular complexity index is 930. The Morgan fingerprint density at radius 3 is 2.80 bits per heavy atom. The van der Waals surface area contributed by atoms with Crippen LogP contribution in [0.15, 0.2) is 52.2 Å². The molecule has 2 aromatic heterocycles. The first-order chi connectivity index (χ1) is 14.3. The van der Waals surface area contributed by atoms with Crippen molar-refractivity contribution in [2.75, 3.05) is 32.8 Å². The second-order valence-corrected chi connectivity index (χ2v) is 7.66. The summed E-state index contributed by atoms with van der Waals surface area (Å²) in [5.74, 6) is 2.37. The fourth-order valence-corrected chi connectivity index (χ4v) is 3.77. The topological polar surface area (TPSA) is 74.6 Å². The van der Waals surface area contributed by atoms with Crippen LogP contribution in [0, 0.1) is 12.8 Å². The number of hydrogen-bond acceptors (Lipinski definition) is 3. The lowest BCUT2D eigenvalue weighted by Crippen LogP contribution is -2.39. The van der Waals surface area contributed by atoms with E-state index in [1.165, 1.54) is 22.0 Å². The minimum absolute atomic E-state index is 0. The molecule has 0 amide bonds. The van der Waals surface area contributed by atoms with E-state index in [1.807, 2.05) is 12.1 Å². The predicted octanol–water partition coefficient (Wildman–Crippen LogP) is 4.04. The molecule has 30 heavy (non-hydrogen) atoms. The lowest BCUT2D eigenvalue weighted by Gasteiger charge is -2.13. The molecular weight excluding hydrogens is 491 g/mol. The third-order valence-corrected chi connectivity index (χ3v) is 5.47. The number of halogens is 1. The van der Waals surface area contributed by atoms with Gasteiger partial charge >= 0.3 is 0 Å². The van der Waals surface area contributed by atoms with E-state index in [0.29, 0.717) is 5.92 Å². The molecule has 1 aliphatic rings. The summed E-state index contributed by atoms with van der Waals surface area (Å²) in [6.07, 6.45) is 6.71. The van der Waals surface area contributed by atoms with Crippen LogP contribution in [0.1, 0.15) is 23.3 Å². The van der Waals surface area contributed by atoms with Crippen molar-refractivity contribution in [2.45, 2.75) is 26.2 Å². The Kier molecular flexibility index (Phi) is 8.62. The number of para-hydroxylation sites is 1. The van der Waals surface area contributed by atoms with Crippen LogP contribution in [0.25, 0.3) is 10.9 Å². The average molecular weight is 522 g/mol. The van der Waals surface area contributed by atoms with Crippen molar-refractivity contribution in [2.24, 2.45) is 10.9 Å². The van der Waals surface area contributed by atoms with Crippen molar-refractivity contribution in [1.82, 2.24) is 15.6 Å². The van der Waals surface area contributed by atoms with Gasteiger partial charge in [0, 0.05) is 55.7 Å². The van der Waals surface area contributed by atoms with Gasteiger partial charge in [-0.05, 0) is 43.0 Å². The maximum Gasteiger partial charge on any atom is 0.191 e. The molecule has 6 nitrogen and oxygen atoms in total. The number of aryl methyl sites for hydroxylation is 1. The van der Waals surface area contributed by atoms with Gasteiger partial charge in [0.1, 0.15) is 5.76 Å². The Labute approximate surface area is 194 Å². The first-order valence-electron chi connectivity index (χ1n) is 10.5. The molecule has 3 N–H and O–H groups in total. The Morgan fingerprint density at radius 1 is 1.17 bits per heavy atom. The number of ether oxygens (including phenoxy) is 1. The number of guanidine groups is 1. The maximum absolute atomic E-state index is 5.47. The van der Waals surface area contributed by atoms with Crippen molar-refractivity contribution in [3.8, 4) is 0 Å². The number of nitrogens with one attached hydrogen (secondary N) is 3. The van der Waals surface area contributed by atoms with Gasteiger partial charge in [-0.2, -0.15) is 0 Å². The SMILES string of the molecule is Cc1cccc2c(CCNC(=NCC3CCOC3)NCCc3ccco3)c[nH]c12.I. The minimum atomic E-state index is 0. The van der Waals surface area contributed by atoms with E-state index in [0.717, 1.165) is 63.8 Å². The van der Waals surface area contributed by atoms with E-state index >= 15 is 0 Å². The summed E-state index contributed by atoms with van der Waals surface area (Å²) in [7, 11) is 0. The number of aromatic nitrogens is 1. The Morgan fingerprint density at radius 2 is 2.03 bits per heavy atom. The molecular formula is C23H31IN4O2. The smallest absolute Gasteiger partial charge is 0.191 e. The monoisotopic (exact) mass is 522 g/mol. The molecule has 1 saturated heterocycles. The third-order valence-electron chi connectivity index (χ3n) is 5.47. The first kappa shape index (κ1) is 22.7. The van der Waals surface area contributed by atoms with Crippen LogP contribution in [-0.2, 0) is 17.6 Å². The van der Waals surface area contributed by atoms with E-state index in [2.05, 4.69) is 46.9 Å². The van der Waals surface area contributed by atoms with Crippen molar-refractivity contribution < 1.29 is 9.15 Å². The average Bonchev–Trinajstić information content (AvgIpc) is 3.48. The number of hydrogen-bond donors (Lipinski definition) is 3. The van der Waals surface area contributed by atoms with Crippen molar-refractivity contribution in [3.05, 3.63) is 59.7 Å². The number of rotatable bonds is 8. The van der Waals surface area contributed by atoms with Crippen LogP contribution in [0.2, 0.25) is 0 Å². The Hall–Kier alpha value is -2.00. The van der Waals surface area contributed by atoms with Gasteiger partial charge in [0.2, 0.25) is 0 Å². The molecule has 1 fully saturated rings. The molecule has 1 aliphatic heterocycles. The van der Waals surface area contributed by atoms with E-state index < -0.39 is 0 Å². The van der Waals surface area contributed by atoms with Gasteiger partial charge in [0.05, 0.1) is 12.9 Å². The summed E-state index contributed by atoms with van der Waals surface area (Å²) in [4.78, 5) is 8.20. The first-order valence-corrected chi connectivity index (χ1v) is 10.5.